The number of hydrogen-bond donors (Lipinski definition) is 2. The number of ether oxygens (including phenoxy) is 2. The fraction of sp³-hybridized carbons (Fsp3) is 0.952. The van der Waals surface area contributed by atoms with E-state index >= 15 is 0 Å². The monoisotopic (exact) mass is 378 g/mol. The van der Waals surface area contributed by atoms with Gasteiger partial charge in [0.2, 0.25) is 0 Å². The van der Waals surface area contributed by atoms with Gasteiger partial charge >= 0.3 is 0 Å². The SMILES string of the molecule is CN=C(NCC(CC(C)C)N1CCOCC1)NC1C2CCOC2C12CCC2. The number of nitrogens with zero attached hydrogens (tertiary/aromatic N) is 2. The second-order valence-corrected chi connectivity index (χ2v) is 9.34. The van der Waals surface area contributed by atoms with Crippen molar-refractivity contribution in [1.82, 2.24) is 15.5 Å². The molecule has 0 amide bonds. The number of guanidine groups is 1. The van der Waals surface area contributed by atoms with Crippen molar-refractivity contribution in [3.63, 3.8) is 0 Å². The Bertz CT molecular complexity index is 528. The summed E-state index contributed by atoms with van der Waals surface area (Å²) in [6, 6.07) is 1.07. The van der Waals surface area contributed by atoms with Crippen LogP contribution < -0.4 is 10.6 Å². The first-order valence-electron chi connectivity index (χ1n) is 11.0. The zero-order chi connectivity index (χ0) is 18.9. The highest BCUT2D eigenvalue weighted by Crippen LogP contribution is 2.62. The van der Waals surface area contributed by atoms with E-state index in [0.29, 0.717) is 35.4 Å². The molecule has 27 heavy (non-hydrogen) atoms. The van der Waals surface area contributed by atoms with Crippen molar-refractivity contribution >= 4 is 5.96 Å². The molecular weight excluding hydrogens is 340 g/mol. The van der Waals surface area contributed by atoms with Crippen LogP contribution in [0.3, 0.4) is 0 Å². The molecule has 1 spiro atoms. The van der Waals surface area contributed by atoms with E-state index in [1.54, 1.807) is 0 Å². The smallest absolute Gasteiger partial charge is 0.191 e. The van der Waals surface area contributed by atoms with E-state index in [1.165, 1.54) is 32.1 Å². The number of rotatable bonds is 6. The Morgan fingerprint density at radius 1 is 1.22 bits per heavy atom. The lowest BCUT2D eigenvalue weighted by Crippen LogP contribution is -2.72. The number of aliphatic imine (C=N–C) groups is 1. The first-order chi connectivity index (χ1) is 13.1. The Kier molecular flexibility index (Phi) is 5.95. The lowest BCUT2D eigenvalue weighted by atomic mass is 9.46. The summed E-state index contributed by atoms with van der Waals surface area (Å²) in [5.74, 6) is 2.34. The molecule has 0 aromatic carbocycles. The Morgan fingerprint density at radius 2 is 2.00 bits per heavy atom. The van der Waals surface area contributed by atoms with Gasteiger partial charge in [-0.05, 0) is 31.6 Å². The molecule has 6 nitrogen and oxygen atoms in total. The fourth-order valence-corrected chi connectivity index (χ4v) is 5.86. The molecule has 2 saturated carbocycles. The molecule has 4 fully saturated rings. The highest BCUT2D eigenvalue weighted by Gasteiger charge is 2.66. The molecule has 4 unspecified atom stereocenters. The number of fused-ring (bicyclic) bond motifs is 2. The molecule has 0 bridgehead atoms. The Hall–Kier alpha value is -0.850. The van der Waals surface area contributed by atoms with Gasteiger partial charge in [-0.1, -0.05) is 20.3 Å². The van der Waals surface area contributed by atoms with Crippen molar-refractivity contribution in [3.8, 4) is 0 Å². The number of morpholine rings is 1. The zero-order valence-corrected chi connectivity index (χ0v) is 17.4. The summed E-state index contributed by atoms with van der Waals surface area (Å²) in [5.41, 5.74) is 0.389. The standard InChI is InChI=1S/C21H38N4O2/c1-15(2)13-16(25-8-11-26-12-9-25)14-23-20(22-3)24-18-17-5-10-27-19(17)21(18)6-4-7-21/h15-19H,4-14H2,1-3H3,(H2,22,23,24). The average molecular weight is 379 g/mol. The quantitative estimate of drug-likeness (QED) is 0.546. The van der Waals surface area contributed by atoms with Crippen molar-refractivity contribution in [2.75, 3.05) is 46.5 Å². The van der Waals surface area contributed by atoms with Crippen LogP contribution in [-0.4, -0.2) is 75.5 Å². The Labute approximate surface area is 164 Å². The molecule has 0 aromatic rings. The van der Waals surface area contributed by atoms with Gasteiger partial charge in [-0.15, -0.1) is 0 Å². The third-order valence-corrected chi connectivity index (χ3v) is 7.36. The minimum Gasteiger partial charge on any atom is -0.379 e. The predicted octanol–water partition coefficient (Wildman–Crippen LogP) is 1.86. The van der Waals surface area contributed by atoms with Crippen LogP contribution in [0.4, 0.5) is 0 Å². The third kappa shape index (κ3) is 3.73. The summed E-state index contributed by atoms with van der Waals surface area (Å²) < 4.78 is 11.6. The van der Waals surface area contributed by atoms with Crippen LogP contribution >= 0.6 is 0 Å². The third-order valence-electron chi connectivity index (χ3n) is 7.36. The van der Waals surface area contributed by atoms with E-state index in [0.717, 1.165) is 45.4 Å². The van der Waals surface area contributed by atoms with E-state index < -0.39 is 0 Å². The fourth-order valence-electron chi connectivity index (χ4n) is 5.86. The van der Waals surface area contributed by atoms with E-state index in [9.17, 15) is 0 Å². The van der Waals surface area contributed by atoms with Crippen LogP contribution in [0.15, 0.2) is 4.99 Å². The molecule has 2 aliphatic carbocycles. The molecule has 0 aromatic heterocycles. The summed E-state index contributed by atoms with van der Waals surface area (Å²) in [6.07, 6.45) is 6.88. The average Bonchev–Trinajstić information content (AvgIpc) is 3.05. The van der Waals surface area contributed by atoms with Crippen LogP contribution in [0.1, 0.15) is 46.0 Å². The Balaban J connectivity index is 1.34. The van der Waals surface area contributed by atoms with E-state index in [1.807, 2.05) is 7.05 Å². The maximum absolute atomic E-state index is 6.06. The van der Waals surface area contributed by atoms with Crippen molar-refractivity contribution in [1.29, 1.82) is 0 Å². The second kappa shape index (κ2) is 8.26. The van der Waals surface area contributed by atoms with Crippen LogP contribution in [0.25, 0.3) is 0 Å². The summed E-state index contributed by atoms with van der Waals surface area (Å²) in [6.45, 7) is 10.3. The van der Waals surface area contributed by atoms with Gasteiger partial charge < -0.3 is 20.1 Å². The lowest BCUT2D eigenvalue weighted by Gasteiger charge is -2.63. The summed E-state index contributed by atoms with van der Waals surface area (Å²) in [5, 5.41) is 7.45. The second-order valence-electron chi connectivity index (χ2n) is 9.34. The van der Waals surface area contributed by atoms with E-state index in [4.69, 9.17) is 9.47 Å². The topological polar surface area (TPSA) is 58.1 Å². The van der Waals surface area contributed by atoms with Gasteiger partial charge in [-0.2, -0.15) is 0 Å². The van der Waals surface area contributed by atoms with Crippen LogP contribution in [0.5, 0.6) is 0 Å². The van der Waals surface area contributed by atoms with Gasteiger partial charge in [0, 0.05) is 56.7 Å². The van der Waals surface area contributed by atoms with Crippen molar-refractivity contribution < 1.29 is 9.47 Å². The normalized spacial score (nSPS) is 34.1. The molecule has 6 heteroatoms. The van der Waals surface area contributed by atoms with Crippen LogP contribution in [-0.2, 0) is 9.47 Å². The molecule has 0 radical (unpaired) electrons. The lowest BCUT2D eigenvalue weighted by molar-refractivity contribution is -0.171. The molecule has 4 atom stereocenters. The maximum Gasteiger partial charge on any atom is 0.191 e. The van der Waals surface area contributed by atoms with Gasteiger partial charge in [0.1, 0.15) is 0 Å². The summed E-state index contributed by atoms with van der Waals surface area (Å²) in [7, 11) is 1.90. The molecule has 2 saturated heterocycles. The highest BCUT2D eigenvalue weighted by molar-refractivity contribution is 5.80. The number of hydrogen-bond acceptors (Lipinski definition) is 4. The zero-order valence-electron chi connectivity index (χ0n) is 17.4. The van der Waals surface area contributed by atoms with Gasteiger partial charge in [-0.25, -0.2) is 0 Å². The molecule has 2 N–H and O–H groups in total. The van der Waals surface area contributed by atoms with Crippen LogP contribution in [0, 0.1) is 17.3 Å². The largest absolute Gasteiger partial charge is 0.379 e. The van der Waals surface area contributed by atoms with Crippen molar-refractivity contribution in [2.45, 2.75) is 64.1 Å². The molecule has 154 valence electrons. The van der Waals surface area contributed by atoms with Gasteiger partial charge in [0.15, 0.2) is 5.96 Å². The first kappa shape index (κ1) is 19.5. The maximum atomic E-state index is 6.06. The molecule has 4 rings (SSSR count). The van der Waals surface area contributed by atoms with Gasteiger partial charge in [0.05, 0.1) is 19.3 Å². The molecule has 2 aliphatic heterocycles. The first-order valence-corrected chi connectivity index (χ1v) is 11.0. The van der Waals surface area contributed by atoms with Crippen molar-refractivity contribution in [3.05, 3.63) is 0 Å². The predicted molar refractivity (Wildman–Crippen MR) is 108 cm³/mol. The summed E-state index contributed by atoms with van der Waals surface area (Å²) >= 11 is 0. The summed E-state index contributed by atoms with van der Waals surface area (Å²) in [4.78, 5) is 7.14. The molecular formula is C21H38N4O2. The van der Waals surface area contributed by atoms with E-state index in [-0.39, 0.29) is 0 Å². The minimum atomic E-state index is 0.389. The Morgan fingerprint density at radius 3 is 2.63 bits per heavy atom. The molecule has 2 heterocycles. The minimum absolute atomic E-state index is 0.389. The highest BCUT2D eigenvalue weighted by atomic mass is 16.5. The van der Waals surface area contributed by atoms with E-state index in [2.05, 4.69) is 34.4 Å². The number of nitrogens with one attached hydrogen (secondary N) is 2. The van der Waals surface area contributed by atoms with Crippen molar-refractivity contribution in [2.24, 2.45) is 22.2 Å². The van der Waals surface area contributed by atoms with Gasteiger partial charge in [0.25, 0.3) is 0 Å². The van der Waals surface area contributed by atoms with Crippen LogP contribution in [0.2, 0.25) is 0 Å². The molecule has 4 aliphatic rings. The van der Waals surface area contributed by atoms with Gasteiger partial charge in [-0.3, -0.25) is 9.89 Å².